The number of likely N-dealkylation sites (tertiary alicyclic amines) is 2. The SMILES string of the molecule is COC(=O)N[C@H](C(=O)N1CCC[C@H]1c1ncc(-c2ccc(-c3ccc(-c4ccc(-c5cnc([C@@H]6CCCN6C(=O)[C@@H](OC)C(C)(C)C)[nH]5)cc4)n3-c3ccc(C4CCCCC4)cc3)cc2)[nH]1)C(C)(C)C. The van der Waals surface area contributed by atoms with Crippen molar-refractivity contribution in [3.05, 3.63) is 115 Å². The van der Waals surface area contributed by atoms with Gasteiger partial charge in [-0.25, -0.2) is 14.8 Å². The zero-order chi connectivity index (χ0) is 49.3. The quantitative estimate of drug-likeness (QED) is 0.110. The van der Waals surface area contributed by atoms with Crippen molar-refractivity contribution in [2.45, 2.75) is 129 Å². The summed E-state index contributed by atoms with van der Waals surface area (Å²) < 4.78 is 12.9. The molecular formula is C57H70N8O5. The van der Waals surface area contributed by atoms with Gasteiger partial charge in [0.25, 0.3) is 5.91 Å². The van der Waals surface area contributed by atoms with Crippen LogP contribution in [0.2, 0.25) is 0 Å². The normalized spacial score (nSPS) is 18.8. The fourth-order valence-corrected chi connectivity index (χ4v) is 11.0. The first kappa shape index (κ1) is 48.5. The van der Waals surface area contributed by atoms with Crippen LogP contribution in [0.1, 0.15) is 135 Å². The van der Waals surface area contributed by atoms with Crippen LogP contribution < -0.4 is 5.32 Å². The van der Waals surface area contributed by atoms with Crippen molar-refractivity contribution in [2.75, 3.05) is 27.3 Å². The van der Waals surface area contributed by atoms with Crippen LogP contribution in [-0.4, -0.2) is 91.7 Å². The lowest BCUT2D eigenvalue weighted by Gasteiger charge is -2.35. The third kappa shape index (κ3) is 9.95. The number of rotatable bonds is 12. The molecule has 1 aliphatic carbocycles. The number of benzene rings is 3. The largest absolute Gasteiger partial charge is 0.453 e. The molecule has 3 aliphatic rings. The van der Waals surface area contributed by atoms with Crippen molar-refractivity contribution in [1.29, 1.82) is 0 Å². The first-order valence-electron chi connectivity index (χ1n) is 25.2. The predicted octanol–water partition coefficient (Wildman–Crippen LogP) is 11.8. The Kier molecular flexibility index (Phi) is 13.9. The molecule has 3 aromatic heterocycles. The highest BCUT2D eigenvalue weighted by molar-refractivity contribution is 5.87. The average Bonchev–Trinajstić information content (AvgIpc) is 4.22. The second-order valence-corrected chi connectivity index (χ2v) is 21.7. The van der Waals surface area contributed by atoms with Crippen molar-refractivity contribution < 1.29 is 23.9 Å². The number of alkyl carbamates (subject to hydrolysis) is 1. The molecule has 6 aromatic rings. The third-order valence-corrected chi connectivity index (χ3v) is 14.8. The minimum absolute atomic E-state index is 0.0128. The topological polar surface area (TPSA) is 150 Å². The zero-order valence-corrected chi connectivity index (χ0v) is 42.2. The summed E-state index contributed by atoms with van der Waals surface area (Å²) in [6.07, 6.45) is 12.4. The molecule has 0 unspecified atom stereocenters. The van der Waals surface area contributed by atoms with E-state index in [0.29, 0.717) is 19.0 Å². The zero-order valence-electron chi connectivity index (χ0n) is 42.2. The number of ether oxygens (including phenoxy) is 2. The number of hydrogen-bond donors (Lipinski definition) is 3. The second kappa shape index (κ2) is 20.1. The minimum atomic E-state index is -0.746. The molecule has 3 aromatic carbocycles. The molecule has 13 nitrogen and oxygen atoms in total. The number of nitrogens with one attached hydrogen (secondary N) is 3. The molecule has 368 valence electrons. The Hall–Kier alpha value is -6.47. The summed E-state index contributed by atoms with van der Waals surface area (Å²) >= 11 is 0. The summed E-state index contributed by atoms with van der Waals surface area (Å²) in [4.78, 5) is 60.4. The third-order valence-electron chi connectivity index (χ3n) is 14.8. The first-order valence-corrected chi connectivity index (χ1v) is 25.2. The molecular weight excluding hydrogens is 877 g/mol. The summed E-state index contributed by atoms with van der Waals surface area (Å²) in [6, 6.07) is 29.7. The Labute approximate surface area is 412 Å². The lowest BCUT2D eigenvalue weighted by molar-refractivity contribution is -0.149. The van der Waals surface area contributed by atoms with E-state index in [-0.39, 0.29) is 29.3 Å². The van der Waals surface area contributed by atoms with E-state index in [0.717, 1.165) is 88.0 Å². The van der Waals surface area contributed by atoms with Gasteiger partial charge in [-0.2, -0.15) is 0 Å². The van der Waals surface area contributed by atoms with Gasteiger partial charge in [-0.3, -0.25) is 9.59 Å². The number of amides is 3. The van der Waals surface area contributed by atoms with Gasteiger partial charge in [0.05, 0.1) is 54.4 Å². The molecule has 2 saturated heterocycles. The Balaban J connectivity index is 0.975. The maximum atomic E-state index is 14.0. The fraction of sp³-hybridized carbons (Fsp3) is 0.456. The van der Waals surface area contributed by atoms with Crippen LogP contribution >= 0.6 is 0 Å². The predicted molar refractivity (Wildman–Crippen MR) is 274 cm³/mol. The van der Waals surface area contributed by atoms with Gasteiger partial charge in [0, 0.05) is 25.9 Å². The maximum absolute atomic E-state index is 14.0. The molecule has 9 rings (SSSR count). The summed E-state index contributed by atoms with van der Waals surface area (Å²) in [7, 11) is 2.92. The van der Waals surface area contributed by atoms with Crippen LogP contribution in [0.25, 0.3) is 50.7 Å². The van der Waals surface area contributed by atoms with Crippen LogP contribution in [-0.2, 0) is 19.1 Å². The number of H-pyrrole nitrogens is 2. The summed E-state index contributed by atoms with van der Waals surface area (Å²) in [6.45, 7) is 13.2. The molecule has 5 heterocycles. The van der Waals surface area contributed by atoms with Crippen molar-refractivity contribution in [1.82, 2.24) is 39.6 Å². The van der Waals surface area contributed by atoms with E-state index >= 15 is 0 Å². The van der Waals surface area contributed by atoms with Crippen LogP contribution in [0.5, 0.6) is 0 Å². The van der Waals surface area contributed by atoms with E-state index in [9.17, 15) is 14.4 Å². The van der Waals surface area contributed by atoms with Gasteiger partial charge in [0.1, 0.15) is 23.8 Å². The summed E-state index contributed by atoms with van der Waals surface area (Å²) in [5.74, 6) is 2.01. The molecule has 0 spiro atoms. The Morgan fingerprint density at radius 3 is 1.54 bits per heavy atom. The molecule has 70 heavy (non-hydrogen) atoms. The Bertz CT molecular complexity index is 2770. The molecule has 4 atom stereocenters. The van der Waals surface area contributed by atoms with E-state index in [1.807, 2.05) is 63.7 Å². The van der Waals surface area contributed by atoms with Crippen LogP contribution in [0, 0.1) is 10.8 Å². The Morgan fingerprint density at radius 2 is 1.09 bits per heavy atom. The van der Waals surface area contributed by atoms with Crippen molar-refractivity contribution in [3.63, 3.8) is 0 Å². The molecule has 2 aliphatic heterocycles. The van der Waals surface area contributed by atoms with Crippen LogP contribution in [0.4, 0.5) is 4.79 Å². The van der Waals surface area contributed by atoms with E-state index in [1.54, 1.807) is 7.11 Å². The molecule has 13 heteroatoms. The lowest BCUT2D eigenvalue weighted by atomic mass is 9.84. The smallest absolute Gasteiger partial charge is 0.407 e. The fourth-order valence-electron chi connectivity index (χ4n) is 11.0. The number of nitrogens with zero attached hydrogens (tertiary/aromatic N) is 5. The first-order chi connectivity index (χ1) is 33.6. The second-order valence-electron chi connectivity index (χ2n) is 21.7. The highest BCUT2D eigenvalue weighted by Gasteiger charge is 2.42. The number of imidazole rings is 2. The van der Waals surface area contributed by atoms with Gasteiger partial charge in [-0.15, -0.1) is 0 Å². The number of hydrogen-bond acceptors (Lipinski definition) is 7. The van der Waals surface area contributed by atoms with Gasteiger partial charge in [0.2, 0.25) is 5.91 Å². The molecule has 3 fully saturated rings. The van der Waals surface area contributed by atoms with Gasteiger partial charge < -0.3 is 39.1 Å². The molecule has 0 bridgehead atoms. The van der Waals surface area contributed by atoms with Crippen molar-refractivity contribution in [3.8, 4) is 50.7 Å². The standard InChI is InChI=1S/C57H70N8O5/c1-56(2,3)49(62-55(68)70-8)53(66)63-32-12-16-47(63)51-58-34-43(60-51)38-18-22-40(23-19-38)45-30-31-46(65(45)42-28-26-37(27-29-42)36-14-10-9-11-15-36)41-24-20-39(21-25-41)44-35-59-52(61-44)48-17-13-33-64(48)54(67)50(69-7)57(4,5)6/h18-31,34-36,47-50H,9-17,32-33H2,1-8H3,(H,58,60)(H,59,61)(H,62,68)/t47-,48-,49+,50+/m0/s1. The molecule has 1 saturated carbocycles. The maximum Gasteiger partial charge on any atom is 0.407 e. The van der Waals surface area contributed by atoms with Crippen LogP contribution in [0.3, 0.4) is 0 Å². The van der Waals surface area contributed by atoms with E-state index < -0.39 is 23.7 Å². The average molecular weight is 947 g/mol. The lowest BCUT2D eigenvalue weighted by Crippen LogP contribution is -2.54. The summed E-state index contributed by atoms with van der Waals surface area (Å²) in [5, 5.41) is 2.77. The van der Waals surface area contributed by atoms with Gasteiger partial charge in [0.15, 0.2) is 0 Å². The molecule has 3 amide bonds. The number of carbonyl (C=O) groups is 3. The van der Waals surface area contributed by atoms with Gasteiger partial charge >= 0.3 is 6.09 Å². The van der Waals surface area contributed by atoms with E-state index in [2.05, 4.69) is 105 Å². The highest BCUT2D eigenvalue weighted by Crippen LogP contribution is 2.40. The minimum Gasteiger partial charge on any atom is -0.453 e. The number of aromatic amines is 2. The monoisotopic (exact) mass is 947 g/mol. The van der Waals surface area contributed by atoms with E-state index in [1.165, 1.54) is 44.8 Å². The number of methoxy groups -OCH3 is 2. The van der Waals surface area contributed by atoms with Gasteiger partial charge in [-0.05, 0) is 107 Å². The van der Waals surface area contributed by atoms with Crippen molar-refractivity contribution in [2.24, 2.45) is 10.8 Å². The number of aromatic nitrogens is 5. The van der Waals surface area contributed by atoms with Gasteiger partial charge in [-0.1, -0.05) is 121 Å². The molecule has 0 radical (unpaired) electrons. The highest BCUT2D eigenvalue weighted by atomic mass is 16.5. The van der Waals surface area contributed by atoms with Crippen molar-refractivity contribution >= 4 is 17.9 Å². The summed E-state index contributed by atoms with van der Waals surface area (Å²) in [5.41, 5.74) is 9.79. The molecule has 3 N–H and O–H groups in total. The number of carbonyl (C=O) groups excluding carboxylic acids is 3. The van der Waals surface area contributed by atoms with Crippen LogP contribution in [0.15, 0.2) is 97.3 Å². The van der Waals surface area contributed by atoms with E-state index in [4.69, 9.17) is 19.4 Å². The Morgan fingerprint density at radius 1 is 0.600 bits per heavy atom.